The summed E-state index contributed by atoms with van der Waals surface area (Å²) >= 11 is 0. The van der Waals surface area contributed by atoms with Crippen LogP contribution in [-0.4, -0.2) is 74.0 Å². The lowest BCUT2D eigenvalue weighted by molar-refractivity contribution is 0.0459. The molecule has 0 saturated heterocycles. The number of carbonyl (C=O) groups is 2. The minimum Gasteiger partial charge on any atom is -0.491 e. The second-order valence-corrected chi connectivity index (χ2v) is 10.3. The molecule has 0 saturated carbocycles. The van der Waals surface area contributed by atoms with E-state index in [4.69, 9.17) is 9.47 Å². The summed E-state index contributed by atoms with van der Waals surface area (Å²) in [5.41, 5.74) is 5.24. The molecule has 230 valence electrons. The molecule has 0 heterocycles. The first-order valence-electron chi connectivity index (χ1n) is 15.0. The molecule has 8 heteroatoms. The van der Waals surface area contributed by atoms with Crippen LogP contribution in [-0.2, 0) is 17.6 Å². The molecule has 0 unspecified atom stereocenters. The first-order valence-corrected chi connectivity index (χ1v) is 15.0. The summed E-state index contributed by atoms with van der Waals surface area (Å²) < 4.78 is 12.4. The van der Waals surface area contributed by atoms with E-state index < -0.39 is 5.97 Å². The lowest BCUT2D eigenvalue weighted by Crippen LogP contribution is -2.29. The highest BCUT2D eigenvalue weighted by atomic mass is 35.5. The van der Waals surface area contributed by atoms with Crippen molar-refractivity contribution >= 4 is 47.3 Å². The third-order valence-corrected chi connectivity index (χ3v) is 8.25. The summed E-state index contributed by atoms with van der Waals surface area (Å²) in [4.78, 5) is 32.5. The molecule has 3 aromatic carbocycles. The number of carbonyl (C=O) groups excluding carboxylic acids is 2. The molecular weight excluding hydrogens is 571 g/mol. The van der Waals surface area contributed by atoms with Crippen LogP contribution in [0.1, 0.15) is 78.9 Å². The van der Waals surface area contributed by atoms with Gasteiger partial charge in [0.1, 0.15) is 24.5 Å². The van der Waals surface area contributed by atoms with Crippen LogP contribution >= 0.6 is 24.8 Å². The zero-order chi connectivity index (χ0) is 28.8. The van der Waals surface area contributed by atoms with E-state index in [9.17, 15) is 9.59 Å². The summed E-state index contributed by atoms with van der Waals surface area (Å²) in [6.45, 7) is 18.3. The summed E-state index contributed by atoms with van der Waals surface area (Å²) in [5.74, 6) is -0.172. The number of ether oxygens (including phenoxy) is 2. The van der Waals surface area contributed by atoms with Crippen molar-refractivity contribution in [3.8, 4) is 16.9 Å². The van der Waals surface area contributed by atoms with Crippen LogP contribution in [0.3, 0.4) is 0 Å². The predicted molar refractivity (Wildman–Crippen MR) is 177 cm³/mol. The third-order valence-electron chi connectivity index (χ3n) is 8.25. The molecule has 1 aliphatic rings. The second-order valence-electron chi connectivity index (χ2n) is 10.3. The van der Waals surface area contributed by atoms with Gasteiger partial charge < -0.3 is 19.3 Å². The minimum atomic E-state index is -0.498. The first-order chi connectivity index (χ1) is 19.4. The maximum absolute atomic E-state index is 14.1. The number of fused-ring (bicyclic) bond motifs is 5. The van der Waals surface area contributed by atoms with Crippen LogP contribution in [0.5, 0.6) is 5.75 Å². The van der Waals surface area contributed by atoms with Gasteiger partial charge in [0, 0.05) is 35.2 Å². The van der Waals surface area contributed by atoms with Gasteiger partial charge in [-0.2, -0.15) is 0 Å². The first kappa shape index (κ1) is 35.6. The molecule has 0 amide bonds. The number of ketones is 1. The fourth-order valence-corrected chi connectivity index (χ4v) is 5.62. The largest absolute Gasteiger partial charge is 0.491 e. The van der Waals surface area contributed by atoms with Gasteiger partial charge in [0.25, 0.3) is 0 Å². The fraction of sp³-hybridized carbons (Fsp3) is 0.471. The number of esters is 1. The van der Waals surface area contributed by atoms with E-state index in [0.29, 0.717) is 30.0 Å². The van der Waals surface area contributed by atoms with Gasteiger partial charge in [0.2, 0.25) is 0 Å². The van der Waals surface area contributed by atoms with Crippen molar-refractivity contribution in [1.29, 1.82) is 0 Å². The molecule has 0 atom stereocenters. The number of likely N-dealkylation sites (N-methyl/N-ethyl adjacent to an activating group) is 2. The summed E-state index contributed by atoms with van der Waals surface area (Å²) in [6, 6.07) is 12.4. The molecule has 0 aromatic heterocycles. The Morgan fingerprint density at radius 2 is 1.26 bits per heavy atom. The van der Waals surface area contributed by atoms with Crippen molar-refractivity contribution in [3.05, 3.63) is 64.2 Å². The average molecular weight is 618 g/mol. The van der Waals surface area contributed by atoms with Crippen LogP contribution < -0.4 is 4.74 Å². The normalized spacial score (nSPS) is 11.8. The molecular formula is C34H46Cl2N2O4. The quantitative estimate of drug-likeness (QED) is 0.139. The molecule has 6 nitrogen and oxygen atoms in total. The zero-order valence-corrected chi connectivity index (χ0v) is 27.5. The SMILES string of the molecule is CCc1ccc2c(c1)C(=O)c1c(C(=O)OCCN(CC)CC)c(OCCN(CC)CC)c3cc(CC)ccc3c1-2.Cl.Cl. The lowest BCUT2D eigenvalue weighted by Gasteiger charge is -2.22. The second kappa shape index (κ2) is 16.3. The van der Waals surface area contributed by atoms with Crippen molar-refractivity contribution in [3.63, 3.8) is 0 Å². The average Bonchev–Trinajstić information content (AvgIpc) is 3.28. The van der Waals surface area contributed by atoms with Crippen LogP contribution in [0.4, 0.5) is 0 Å². The minimum absolute atomic E-state index is 0. The summed E-state index contributed by atoms with van der Waals surface area (Å²) in [6.07, 6.45) is 1.68. The monoisotopic (exact) mass is 616 g/mol. The van der Waals surface area contributed by atoms with Crippen LogP contribution in [0, 0.1) is 0 Å². The van der Waals surface area contributed by atoms with Crippen molar-refractivity contribution in [2.24, 2.45) is 0 Å². The third kappa shape index (κ3) is 7.11. The number of hydrogen-bond donors (Lipinski definition) is 0. The highest BCUT2D eigenvalue weighted by Gasteiger charge is 2.37. The molecule has 0 radical (unpaired) electrons. The lowest BCUT2D eigenvalue weighted by atomic mass is 9.91. The van der Waals surface area contributed by atoms with Gasteiger partial charge >= 0.3 is 5.97 Å². The Labute approximate surface area is 263 Å². The smallest absolute Gasteiger partial charge is 0.342 e. The van der Waals surface area contributed by atoms with Gasteiger partial charge in [0.05, 0.1) is 0 Å². The predicted octanol–water partition coefficient (Wildman–Crippen LogP) is 7.24. The maximum Gasteiger partial charge on any atom is 0.342 e. The van der Waals surface area contributed by atoms with E-state index in [1.54, 1.807) is 0 Å². The topological polar surface area (TPSA) is 59.1 Å². The van der Waals surface area contributed by atoms with Gasteiger partial charge in [-0.1, -0.05) is 65.8 Å². The number of halogens is 2. The van der Waals surface area contributed by atoms with Gasteiger partial charge in [-0.05, 0) is 73.2 Å². The Balaban J connectivity index is 0.00000308. The zero-order valence-electron chi connectivity index (χ0n) is 25.9. The van der Waals surface area contributed by atoms with E-state index in [0.717, 1.165) is 78.6 Å². The van der Waals surface area contributed by atoms with E-state index in [-0.39, 0.29) is 42.8 Å². The van der Waals surface area contributed by atoms with E-state index >= 15 is 0 Å². The van der Waals surface area contributed by atoms with E-state index in [1.807, 2.05) is 12.1 Å². The fourth-order valence-electron chi connectivity index (χ4n) is 5.62. The van der Waals surface area contributed by atoms with Crippen LogP contribution in [0.15, 0.2) is 36.4 Å². The van der Waals surface area contributed by atoms with Gasteiger partial charge in [0.15, 0.2) is 5.78 Å². The summed E-state index contributed by atoms with van der Waals surface area (Å²) in [7, 11) is 0. The molecule has 0 spiro atoms. The van der Waals surface area contributed by atoms with Gasteiger partial charge in [-0.3, -0.25) is 4.79 Å². The Hall–Kier alpha value is -2.64. The molecule has 0 bridgehead atoms. The molecule has 42 heavy (non-hydrogen) atoms. The number of benzene rings is 3. The molecule has 4 rings (SSSR count). The number of aryl methyl sites for hydroxylation is 2. The van der Waals surface area contributed by atoms with Crippen molar-refractivity contribution in [1.82, 2.24) is 9.80 Å². The van der Waals surface area contributed by atoms with Crippen molar-refractivity contribution in [2.45, 2.75) is 54.4 Å². The van der Waals surface area contributed by atoms with E-state index in [2.05, 4.69) is 75.6 Å². The van der Waals surface area contributed by atoms with E-state index in [1.165, 1.54) is 0 Å². The maximum atomic E-state index is 14.1. The number of nitrogens with zero attached hydrogens (tertiary/aromatic N) is 2. The molecule has 0 aliphatic heterocycles. The Bertz CT molecular complexity index is 1380. The number of hydrogen-bond acceptors (Lipinski definition) is 6. The molecule has 0 N–H and O–H groups in total. The summed E-state index contributed by atoms with van der Waals surface area (Å²) in [5, 5.41) is 1.79. The molecule has 0 fully saturated rings. The Morgan fingerprint density at radius 3 is 1.86 bits per heavy atom. The van der Waals surface area contributed by atoms with Crippen LogP contribution in [0.2, 0.25) is 0 Å². The van der Waals surface area contributed by atoms with Gasteiger partial charge in [-0.25, -0.2) is 4.79 Å². The molecule has 3 aromatic rings. The highest BCUT2D eigenvalue weighted by Crippen LogP contribution is 2.48. The standard InChI is InChI=1S/C34H44N2O4.2ClH/c1-7-23-13-15-25-27(21-23)32(37)30-29(25)26-16-14-24(8-2)22-28(26)33(39-19-17-35(9-3)10-4)31(30)34(38)40-20-18-36(11-5)12-6;;/h13-16,21-22H,7-12,17-20H2,1-6H3;2*1H. The highest BCUT2D eigenvalue weighted by molar-refractivity contribution is 6.31. The van der Waals surface area contributed by atoms with Crippen LogP contribution in [0.25, 0.3) is 21.9 Å². The van der Waals surface area contributed by atoms with Gasteiger partial charge in [-0.15, -0.1) is 24.8 Å². The molecule has 1 aliphatic carbocycles. The number of rotatable bonds is 14. The van der Waals surface area contributed by atoms with Crippen molar-refractivity contribution < 1.29 is 19.1 Å². The Kier molecular flexibility index (Phi) is 13.8. The Morgan fingerprint density at radius 1 is 0.690 bits per heavy atom. The van der Waals surface area contributed by atoms with Crippen molar-refractivity contribution in [2.75, 3.05) is 52.5 Å².